The van der Waals surface area contributed by atoms with E-state index in [0.717, 1.165) is 22.6 Å². The van der Waals surface area contributed by atoms with Gasteiger partial charge in [0.15, 0.2) is 0 Å². The molecule has 1 N–H and O–H groups in total. The third kappa shape index (κ3) is 4.26. The molecule has 25 heavy (non-hydrogen) atoms. The zero-order valence-electron chi connectivity index (χ0n) is 14.3. The summed E-state index contributed by atoms with van der Waals surface area (Å²) in [4.78, 5) is 16.3. The van der Waals surface area contributed by atoms with Gasteiger partial charge in [-0.3, -0.25) is 4.79 Å². The Labute approximate surface area is 147 Å². The fourth-order valence-corrected chi connectivity index (χ4v) is 2.69. The Balaban J connectivity index is 1.61. The molecule has 1 aromatic heterocycles. The normalized spacial score (nSPS) is 11.8. The molecular formula is C20H21N3O2. The number of benzene rings is 2. The van der Waals surface area contributed by atoms with Crippen LogP contribution < -0.4 is 10.1 Å². The molecular weight excluding hydrogens is 314 g/mol. The fraction of sp³-hybridized carbons (Fsp3) is 0.200. The van der Waals surface area contributed by atoms with Gasteiger partial charge in [0.25, 0.3) is 0 Å². The highest BCUT2D eigenvalue weighted by Gasteiger charge is 2.11. The first-order valence-electron chi connectivity index (χ1n) is 8.16. The average molecular weight is 335 g/mol. The first-order chi connectivity index (χ1) is 12.2. The van der Waals surface area contributed by atoms with Crippen molar-refractivity contribution in [3.05, 3.63) is 78.4 Å². The molecule has 5 nitrogen and oxygen atoms in total. The Morgan fingerprint density at radius 3 is 2.72 bits per heavy atom. The van der Waals surface area contributed by atoms with E-state index in [0.29, 0.717) is 6.42 Å². The molecule has 2 aromatic carbocycles. The van der Waals surface area contributed by atoms with Crippen LogP contribution in [0.4, 0.5) is 0 Å². The molecule has 0 aliphatic heterocycles. The Bertz CT molecular complexity index is 826. The fourth-order valence-electron chi connectivity index (χ4n) is 2.69. The molecule has 0 saturated carbocycles. The van der Waals surface area contributed by atoms with Gasteiger partial charge in [-0.25, -0.2) is 4.98 Å². The van der Waals surface area contributed by atoms with Gasteiger partial charge in [-0.1, -0.05) is 24.3 Å². The number of hydrogen-bond acceptors (Lipinski definition) is 3. The maximum Gasteiger partial charge on any atom is 0.224 e. The topological polar surface area (TPSA) is 56.1 Å². The van der Waals surface area contributed by atoms with Crippen molar-refractivity contribution in [2.45, 2.75) is 19.4 Å². The minimum absolute atomic E-state index is 0.0144. The van der Waals surface area contributed by atoms with Gasteiger partial charge in [0.05, 0.1) is 25.9 Å². The molecule has 0 aliphatic carbocycles. The van der Waals surface area contributed by atoms with E-state index >= 15 is 0 Å². The standard InChI is InChI=1S/C20H21N3O2/c1-15(17-6-8-18(9-7-17)23-11-10-21-14-23)22-20(24)13-16-4-3-5-19(12-16)25-2/h3-12,14-15H,13H2,1-2H3,(H,22,24)/t15-/m1/s1. The lowest BCUT2D eigenvalue weighted by Gasteiger charge is -2.15. The van der Waals surface area contributed by atoms with Gasteiger partial charge in [0, 0.05) is 18.1 Å². The predicted molar refractivity (Wildman–Crippen MR) is 96.8 cm³/mol. The van der Waals surface area contributed by atoms with E-state index in [2.05, 4.69) is 10.3 Å². The van der Waals surface area contributed by atoms with Crippen LogP contribution in [0.1, 0.15) is 24.1 Å². The number of imidazole rings is 1. The van der Waals surface area contributed by atoms with Crippen molar-refractivity contribution in [1.82, 2.24) is 14.9 Å². The summed E-state index contributed by atoms with van der Waals surface area (Å²) in [5.41, 5.74) is 3.03. The van der Waals surface area contributed by atoms with Crippen molar-refractivity contribution in [3.63, 3.8) is 0 Å². The van der Waals surface area contributed by atoms with Gasteiger partial charge < -0.3 is 14.6 Å². The number of rotatable bonds is 6. The average Bonchev–Trinajstić information content (AvgIpc) is 3.16. The van der Waals surface area contributed by atoms with Crippen molar-refractivity contribution in [2.75, 3.05) is 7.11 Å². The number of hydrogen-bond donors (Lipinski definition) is 1. The molecule has 0 saturated heterocycles. The maximum atomic E-state index is 12.3. The number of methoxy groups -OCH3 is 1. The number of ether oxygens (including phenoxy) is 1. The molecule has 0 fully saturated rings. The number of carbonyl (C=O) groups excluding carboxylic acids is 1. The highest BCUT2D eigenvalue weighted by atomic mass is 16.5. The molecule has 1 atom stereocenters. The van der Waals surface area contributed by atoms with E-state index in [-0.39, 0.29) is 11.9 Å². The van der Waals surface area contributed by atoms with Gasteiger partial charge in [0.2, 0.25) is 5.91 Å². The first kappa shape index (κ1) is 16.8. The zero-order chi connectivity index (χ0) is 17.6. The van der Waals surface area contributed by atoms with Crippen LogP contribution in [0.3, 0.4) is 0 Å². The van der Waals surface area contributed by atoms with Crippen LogP contribution in [0.2, 0.25) is 0 Å². The molecule has 0 spiro atoms. The molecule has 0 radical (unpaired) electrons. The van der Waals surface area contributed by atoms with E-state index in [1.807, 2.05) is 66.2 Å². The number of aromatic nitrogens is 2. The summed E-state index contributed by atoms with van der Waals surface area (Å²) in [6, 6.07) is 15.6. The van der Waals surface area contributed by atoms with Crippen molar-refractivity contribution >= 4 is 5.91 Å². The number of amides is 1. The zero-order valence-corrected chi connectivity index (χ0v) is 14.3. The summed E-state index contributed by atoms with van der Waals surface area (Å²) in [5, 5.41) is 3.04. The van der Waals surface area contributed by atoms with Crippen LogP contribution in [0.15, 0.2) is 67.3 Å². The van der Waals surface area contributed by atoms with E-state index < -0.39 is 0 Å². The van der Waals surface area contributed by atoms with Gasteiger partial charge in [-0.15, -0.1) is 0 Å². The minimum Gasteiger partial charge on any atom is -0.497 e. The summed E-state index contributed by atoms with van der Waals surface area (Å²) in [6.07, 6.45) is 5.73. The molecule has 0 bridgehead atoms. The summed E-state index contributed by atoms with van der Waals surface area (Å²) in [7, 11) is 1.62. The molecule has 3 aromatic rings. The monoisotopic (exact) mass is 335 g/mol. The molecule has 1 heterocycles. The van der Waals surface area contributed by atoms with Gasteiger partial charge in [0.1, 0.15) is 5.75 Å². The highest BCUT2D eigenvalue weighted by Crippen LogP contribution is 2.17. The van der Waals surface area contributed by atoms with Gasteiger partial charge in [-0.05, 0) is 42.3 Å². The molecule has 3 rings (SSSR count). The van der Waals surface area contributed by atoms with E-state index in [1.165, 1.54) is 0 Å². The largest absolute Gasteiger partial charge is 0.497 e. The molecule has 0 unspecified atom stereocenters. The second-order valence-electron chi connectivity index (χ2n) is 5.88. The molecule has 5 heteroatoms. The van der Waals surface area contributed by atoms with Crippen LogP contribution in [0, 0.1) is 0 Å². The third-order valence-electron chi connectivity index (χ3n) is 4.07. The summed E-state index contributed by atoms with van der Waals surface area (Å²) in [6.45, 7) is 1.98. The minimum atomic E-state index is -0.0602. The van der Waals surface area contributed by atoms with Crippen molar-refractivity contribution in [3.8, 4) is 11.4 Å². The predicted octanol–water partition coefficient (Wildman–Crippen LogP) is 3.30. The second kappa shape index (κ2) is 7.66. The Kier molecular flexibility index (Phi) is 5.14. The van der Waals surface area contributed by atoms with Crippen molar-refractivity contribution in [1.29, 1.82) is 0 Å². The van der Waals surface area contributed by atoms with Crippen LogP contribution in [-0.2, 0) is 11.2 Å². The summed E-state index contributed by atoms with van der Waals surface area (Å²) >= 11 is 0. The Morgan fingerprint density at radius 2 is 2.04 bits per heavy atom. The second-order valence-corrected chi connectivity index (χ2v) is 5.88. The molecule has 0 aliphatic rings. The van der Waals surface area contributed by atoms with Gasteiger partial charge in [-0.2, -0.15) is 0 Å². The Hall–Kier alpha value is -3.08. The van der Waals surface area contributed by atoms with Crippen LogP contribution >= 0.6 is 0 Å². The lowest BCUT2D eigenvalue weighted by Crippen LogP contribution is -2.28. The number of nitrogens with zero attached hydrogens (tertiary/aromatic N) is 2. The molecule has 1 amide bonds. The number of nitrogens with one attached hydrogen (secondary N) is 1. The first-order valence-corrected chi connectivity index (χ1v) is 8.16. The van der Waals surface area contributed by atoms with Crippen molar-refractivity contribution in [2.24, 2.45) is 0 Å². The highest BCUT2D eigenvalue weighted by molar-refractivity contribution is 5.79. The SMILES string of the molecule is COc1cccc(CC(=O)N[C@H](C)c2ccc(-n3ccnc3)cc2)c1. The third-order valence-corrected chi connectivity index (χ3v) is 4.07. The summed E-state index contributed by atoms with van der Waals surface area (Å²) in [5.74, 6) is 0.743. The quantitative estimate of drug-likeness (QED) is 0.752. The lowest BCUT2D eigenvalue weighted by atomic mass is 10.1. The van der Waals surface area contributed by atoms with E-state index in [4.69, 9.17) is 4.74 Å². The van der Waals surface area contributed by atoms with Crippen LogP contribution in [-0.4, -0.2) is 22.6 Å². The van der Waals surface area contributed by atoms with E-state index in [9.17, 15) is 4.79 Å². The summed E-state index contributed by atoms with van der Waals surface area (Å²) < 4.78 is 7.13. The lowest BCUT2D eigenvalue weighted by molar-refractivity contribution is -0.121. The maximum absolute atomic E-state index is 12.3. The Morgan fingerprint density at radius 1 is 1.24 bits per heavy atom. The van der Waals surface area contributed by atoms with Crippen LogP contribution in [0.5, 0.6) is 5.75 Å². The molecule has 128 valence electrons. The van der Waals surface area contributed by atoms with E-state index in [1.54, 1.807) is 19.6 Å². The van der Waals surface area contributed by atoms with Gasteiger partial charge >= 0.3 is 0 Å². The smallest absolute Gasteiger partial charge is 0.224 e. The van der Waals surface area contributed by atoms with Crippen LogP contribution in [0.25, 0.3) is 5.69 Å². The number of carbonyl (C=O) groups is 1. The van der Waals surface area contributed by atoms with Crippen molar-refractivity contribution < 1.29 is 9.53 Å².